The molecule has 1 atom stereocenters. The van der Waals surface area contributed by atoms with Gasteiger partial charge in [-0.2, -0.15) is 4.98 Å². The van der Waals surface area contributed by atoms with Gasteiger partial charge in [-0.3, -0.25) is 0 Å². The topological polar surface area (TPSA) is 64.1 Å². The van der Waals surface area contributed by atoms with Crippen LogP contribution in [0.2, 0.25) is 0 Å². The van der Waals surface area contributed by atoms with Crippen molar-refractivity contribution in [1.29, 1.82) is 0 Å². The van der Waals surface area contributed by atoms with E-state index < -0.39 is 0 Å². The van der Waals surface area contributed by atoms with Gasteiger partial charge in [-0.05, 0) is 32.2 Å². The van der Waals surface area contributed by atoms with Crippen LogP contribution in [0.15, 0.2) is 39.3 Å². The second-order valence-corrected chi connectivity index (χ2v) is 4.96. The number of rotatable bonds is 5. The third-order valence-corrected chi connectivity index (χ3v) is 3.30. The number of halogens is 1. The third kappa shape index (κ3) is 3.75. The number of nitrogens with zero attached hydrogens (tertiary/aromatic N) is 2. The van der Waals surface area contributed by atoms with Crippen LogP contribution in [0, 0.1) is 0 Å². The first-order valence-electron chi connectivity index (χ1n) is 6.91. The molecule has 0 saturated heterocycles. The number of hydrogen-bond donors (Lipinski definition) is 1. The number of para-hydroxylation sites is 1. The smallest absolute Gasteiger partial charge is 0.250 e. The number of furan rings is 1. The SMILES string of the molecule is CNC(C)Cc1noc(/C=C/c2cc3ccccc3o2)n1.Cl. The molecule has 0 radical (unpaired) electrons. The van der Waals surface area contributed by atoms with E-state index in [-0.39, 0.29) is 12.4 Å². The van der Waals surface area contributed by atoms with E-state index >= 15 is 0 Å². The monoisotopic (exact) mass is 319 g/mol. The van der Waals surface area contributed by atoms with Crippen LogP contribution in [-0.4, -0.2) is 23.2 Å². The summed E-state index contributed by atoms with van der Waals surface area (Å²) in [5.41, 5.74) is 0.867. The average Bonchev–Trinajstić information content (AvgIpc) is 3.10. The first kappa shape index (κ1) is 16.3. The van der Waals surface area contributed by atoms with Gasteiger partial charge in [0.15, 0.2) is 5.82 Å². The molecule has 1 N–H and O–H groups in total. The van der Waals surface area contributed by atoms with Crippen molar-refractivity contribution in [2.45, 2.75) is 19.4 Å². The molecule has 1 aromatic carbocycles. The zero-order valence-corrected chi connectivity index (χ0v) is 13.3. The zero-order chi connectivity index (χ0) is 14.7. The summed E-state index contributed by atoms with van der Waals surface area (Å²) in [6, 6.07) is 10.2. The van der Waals surface area contributed by atoms with Crippen LogP contribution in [0.5, 0.6) is 0 Å². The van der Waals surface area contributed by atoms with Gasteiger partial charge in [-0.15, -0.1) is 12.4 Å². The van der Waals surface area contributed by atoms with Gasteiger partial charge in [0.1, 0.15) is 11.3 Å². The fourth-order valence-electron chi connectivity index (χ4n) is 2.03. The highest BCUT2D eigenvalue weighted by molar-refractivity contribution is 5.85. The van der Waals surface area contributed by atoms with Gasteiger partial charge < -0.3 is 14.3 Å². The maximum Gasteiger partial charge on any atom is 0.250 e. The van der Waals surface area contributed by atoms with Gasteiger partial charge in [-0.1, -0.05) is 23.4 Å². The lowest BCUT2D eigenvalue weighted by Gasteiger charge is -2.04. The van der Waals surface area contributed by atoms with Gasteiger partial charge in [0.2, 0.25) is 0 Å². The fourth-order valence-corrected chi connectivity index (χ4v) is 2.03. The molecule has 3 rings (SSSR count). The molecule has 0 aliphatic carbocycles. The molecule has 0 saturated carbocycles. The second-order valence-electron chi connectivity index (χ2n) is 4.96. The van der Waals surface area contributed by atoms with E-state index in [2.05, 4.69) is 22.4 Å². The second kappa shape index (κ2) is 7.24. The minimum atomic E-state index is 0. The third-order valence-electron chi connectivity index (χ3n) is 3.30. The molecule has 2 aromatic heterocycles. The summed E-state index contributed by atoms with van der Waals surface area (Å²) in [5, 5.41) is 8.17. The van der Waals surface area contributed by atoms with E-state index in [1.807, 2.05) is 43.5 Å². The van der Waals surface area contributed by atoms with Crippen molar-refractivity contribution in [3.05, 3.63) is 47.8 Å². The highest BCUT2D eigenvalue weighted by Gasteiger charge is 2.07. The molecule has 1 unspecified atom stereocenters. The Labute approximate surface area is 134 Å². The standard InChI is InChI=1S/C16H17N3O2.ClH/c1-11(17-2)9-15-18-16(21-19-15)8-7-13-10-12-5-3-4-6-14(12)20-13;/h3-8,10-11,17H,9H2,1-2H3;1H/b8-7+;. The summed E-state index contributed by atoms with van der Waals surface area (Å²) in [5.74, 6) is 1.94. The Bertz CT molecular complexity index is 730. The molecule has 22 heavy (non-hydrogen) atoms. The summed E-state index contributed by atoms with van der Waals surface area (Å²) < 4.78 is 10.9. The molecule has 3 aromatic rings. The highest BCUT2D eigenvalue weighted by atomic mass is 35.5. The normalized spacial score (nSPS) is 12.6. The van der Waals surface area contributed by atoms with Crippen LogP contribution in [0.4, 0.5) is 0 Å². The molecule has 0 fully saturated rings. The molecule has 0 aliphatic heterocycles. The van der Waals surface area contributed by atoms with Crippen LogP contribution in [0.1, 0.15) is 24.4 Å². The number of likely N-dealkylation sites (N-methyl/N-ethyl adjacent to an activating group) is 1. The van der Waals surface area contributed by atoms with E-state index in [9.17, 15) is 0 Å². The van der Waals surface area contributed by atoms with E-state index in [1.54, 1.807) is 6.08 Å². The Morgan fingerprint density at radius 3 is 2.86 bits per heavy atom. The van der Waals surface area contributed by atoms with E-state index in [0.29, 0.717) is 17.8 Å². The van der Waals surface area contributed by atoms with Gasteiger partial charge in [0.25, 0.3) is 5.89 Å². The first-order chi connectivity index (χ1) is 10.2. The van der Waals surface area contributed by atoms with Gasteiger partial charge in [-0.25, -0.2) is 0 Å². The molecule has 2 heterocycles. The fraction of sp³-hybridized carbons (Fsp3) is 0.250. The largest absolute Gasteiger partial charge is 0.457 e. The van der Waals surface area contributed by atoms with Gasteiger partial charge in [0, 0.05) is 23.9 Å². The predicted octanol–water partition coefficient (Wildman–Crippen LogP) is 3.56. The number of benzene rings is 1. The summed E-state index contributed by atoms with van der Waals surface area (Å²) in [4.78, 5) is 4.32. The molecule has 116 valence electrons. The minimum Gasteiger partial charge on any atom is -0.457 e. The average molecular weight is 320 g/mol. The molecule has 5 nitrogen and oxygen atoms in total. The lowest BCUT2D eigenvalue weighted by molar-refractivity contribution is 0.400. The van der Waals surface area contributed by atoms with Crippen LogP contribution in [0.3, 0.4) is 0 Å². The molecular formula is C16H18ClN3O2. The van der Waals surface area contributed by atoms with E-state index in [0.717, 1.165) is 23.2 Å². The lowest BCUT2D eigenvalue weighted by Crippen LogP contribution is -2.24. The van der Waals surface area contributed by atoms with Crippen LogP contribution < -0.4 is 5.32 Å². The predicted molar refractivity (Wildman–Crippen MR) is 88.9 cm³/mol. The molecular weight excluding hydrogens is 302 g/mol. The number of nitrogens with one attached hydrogen (secondary N) is 1. The molecule has 0 aliphatic rings. The Hall–Kier alpha value is -2.11. The van der Waals surface area contributed by atoms with Crippen molar-refractivity contribution in [2.75, 3.05) is 7.05 Å². The number of fused-ring (bicyclic) bond motifs is 1. The van der Waals surface area contributed by atoms with Crippen molar-refractivity contribution in [3.63, 3.8) is 0 Å². The Balaban J connectivity index is 0.00000176. The van der Waals surface area contributed by atoms with Crippen molar-refractivity contribution in [3.8, 4) is 0 Å². The van der Waals surface area contributed by atoms with Crippen LogP contribution >= 0.6 is 12.4 Å². The van der Waals surface area contributed by atoms with Crippen molar-refractivity contribution in [2.24, 2.45) is 0 Å². The van der Waals surface area contributed by atoms with Crippen molar-refractivity contribution in [1.82, 2.24) is 15.5 Å². The summed E-state index contributed by atoms with van der Waals surface area (Å²) in [6.07, 6.45) is 4.33. The lowest BCUT2D eigenvalue weighted by atomic mass is 10.2. The number of hydrogen-bond acceptors (Lipinski definition) is 5. The van der Waals surface area contributed by atoms with Crippen molar-refractivity contribution >= 4 is 35.5 Å². The highest BCUT2D eigenvalue weighted by Crippen LogP contribution is 2.20. The molecule has 6 heteroatoms. The Morgan fingerprint density at radius 1 is 1.27 bits per heavy atom. The zero-order valence-electron chi connectivity index (χ0n) is 12.4. The van der Waals surface area contributed by atoms with Crippen LogP contribution in [-0.2, 0) is 6.42 Å². The molecule has 0 amide bonds. The maximum absolute atomic E-state index is 5.69. The van der Waals surface area contributed by atoms with Crippen molar-refractivity contribution < 1.29 is 8.94 Å². The molecule has 0 spiro atoms. The van der Waals surface area contributed by atoms with E-state index in [1.165, 1.54) is 0 Å². The quantitative estimate of drug-likeness (QED) is 0.779. The first-order valence-corrected chi connectivity index (χ1v) is 6.91. The maximum atomic E-state index is 5.69. The minimum absolute atomic E-state index is 0. The summed E-state index contributed by atoms with van der Waals surface area (Å²) in [6.45, 7) is 2.07. The van der Waals surface area contributed by atoms with Gasteiger partial charge >= 0.3 is 0 Å². The summed E-state index contributed by atoms with van der Waals surface area (Å²) in [7, 11) is 1.91. The molecule has 0 bridgehead atoms. The van der Waals surface area contributed by atoms with Gasteiger partial charge in [0.05, 0.1) is 0 Å². The summed E-state index contributed by atoms with van der Waals surface area (Å²) >= 11 is 0. The Kier molecular flexibility index (Phi) is 5.35. The Morgan fingerprint density at radius 2 is 2.09 bits per heavy atom. The van der Waals surface area contributed by atoms with E-state index in [4.69, 9.17) is 8.94 Å². The van der Waals surface area contributed by atoms with Crippen LogP contribution in [0.25, 0.3) is 23.1 Å². The number of aromatic nitrogens is 2.